The lowest BCUT2D eigenvalue weighted by Gasteiger charge is -2.38. The third kappa shape index (κ3) is 6.08. The van der Waals surface area contributed by atoms with E-state index in [9.17, 15) is 9.90 Å². The molecular formula is C28H36BrN7O2. The minimum atomic E-state index is -0.518. The normalized spacial score (nSPS) is 20.0. The first-order valence-corrected chi connectivity index (χ1v) is 14.3. The van der Waals surface area contributed by atoms with Gasteiger partial charge in [0, 0.05) is 55.2 Å². The van der Waals surface area contributed by atoms with Crippen molar-refractivity contribution in [1.29, 1.82) is 0 Å². The highest BCUT2D eigenvalue weighted by Crippen LogP contribution is 2.42. The molecule has 0 spiro atoms. The van der Waals surface area contributed by atoms with Gasteiger partial charge in [-0.2, -0.15) is 0 Å². The van der Waals surface area contributed by atoms with Crippen molar-refractivity contribution in [3.8, 4) is 0 Å². The second kappa shape index (κ2) is 12.4. The summed E-state index contributed by atoms with van der Waals surface area (Å²) in [5.74, 6) is 1.14. The molecule has 3 atom stereocenters. The predicted molar refractivity (Wildman–Crippen MR) is 150 cm³/mol. The first-order chi connectivity index (χ1) is 18.5. The molecule has 3 heterocycles. The van der Waals surface area contributed by atoms with Gasteiger partial charge in [-0.3, -0.25) is 4.79 Å². The lowest BCUT2D eigenvalue weighted by atomic mass is 9.93. The molecule has 38 heavy (non-hydrogen) atoms. The number of halogens is 1. The van der Waals surface area contributed by atoms with Gasteiger partial charge in [0.25, 0.3) is 0 Å². The van der Waals surface area contributed by atoms with Crippen LogP contribution in [0.4, 0.5) is 5.82 Å². The minimum absolute atomic E-state index is 0.184. The summed E-state index contributed by atoms with van der Waals surface area (Å²) < 4.78 is 3.09. The van der Waals surface area contributed by atoms with E-state index in [1.165, 1.54) is 0 Å². The molecule has 0 saturated carbocycles. The number of imidazole rings is 1. The minimum Gasteiger partial charge on any atom is -0.387 e. The first-order valence-electron chi connectivity index (χ1n) is 13.5. The maximum atomic E-state index is 13.8. The average molecular weight is 583 g/mol. The summed E-state index contributed by atoms with van der Waals surface area (Å²) >= 11 is 3.52. The third-order valence-electron chi connectivity index (χ3n) is 7.68. The molecule has 9 nitrogen and oxygen atoms in total. The zero-order valence-corrected chi connectivity index (χ0v) is 23.4. The zero-order valence-electron chi connectivity index (χ0n) is 21.8. The molecule has 5 rings (SSSR count). The first kappa shape index (κ1) is 26.8. The number of rotatable bonds is 10. The summed E-state index contributed by atoms with van der Waals surface area (Å²) in [6, 6.07) is 8.13. The van der Waals surface area contributed by atoms with E-state index in [4.69, 9.17) is 0 Å². The molecule has 1 unspecified atom stereocenters. The van der Waals surface area contributed by atoms with Crippen LogP contribution in [0.2, 0.25) is 0 Å². The van der Waals surface area contributed by atoms with E-state index in [0.29, 0.717) is 19.5 Å². The van der Waals surface area contributed by atoms with Crippen LogP contribution in [0.3, 0.4) is 0 Å². The van der Waals surface area contributed by atoms with Crippen LogP contribution in [0.25, 0.3) is 0 Å². The Morgan fingerprint density at radius 1 is 1.16 bits per heavy atom. The quantitative estimate of drug-likeness (QED) is 0.353. The number of hydrogen-bond acceptors (Lipinski definition) is 7. The molecule has 2 aromatic heterocycles. The van der Waals surface area contributed by atoms with E-state index in [-0.39, 0.29) is 17.7 Å². The van der Waals surface area contributed by atoms with Crippen LogP contribution in [0.15, 0.2) is 53.8 Å². The number of benzene rings is 1. The zero-order chi connectivity index (χ0) is 26.5. The Hall–Kier alpha value is -2.82. The van der Waals surface area contributed by atoms with Crippen molar-refractivity contribution in [3.63, 3.8) is 0 Å². The molecule has 10 heteroatoms. The predicted octanol–water partition coefficient (Wildman–Crippen LogP) is 3.48. The number of piperazine rings is 1. The fourth-order valence-corrected chi connectivity index (χ4v) is 5.88. The van der Waals surface area contributed by atoms with Crippen LogP contribution >= 0.6 is 15.9 Å². The van der Waals surface area contributed by atoms with Gasteiger partial charge in [0.15, 0.2) is 0 Å². The van der Waals surface area contributed by atoms with Crippen molar-refractivity contribution in [2.45, 2.75) is 50.7 Å². The summed E-state index contributed by atoms with van der Waals surface area (Å²) in [5, 5.41) is 13.9. The van der Waals surface area contributed by atoms with Crippen molar-refractivity contribution in [1.82, 2.24) is 29.7 Å². The summed E-state index contributed by atoms with van der Waals surface area (Å²) in [6.45, 7) is 7.48. The van der Waals surface area contributed by atoms with Gasteiger partial charge in [-0.15, -0.1) is 0 Å². The molecule has 3 aromatic rings. The molecule has 1 saturated heterocycles. The highest BCUT2D eigenvalue weighted by atomic mass is 79.9. The van der Waals surface area contributed by atoms with Crippen molar-refractivity contribution < 1.29 is 9.90 Å². The number of carbonyl (C=O) groups is 1. The van der Waals surface area contributed by atoms with Gasteiger partial charge < -0.3 is 24.8 Å². The Labute approximate surface area is 232 Å². The van der Waals surface area contributed by atoms with E-state index in [1.807, 2.05) is 29.6 Å². The van der Waals surface area contributed by atoms with Crippen LogP contribution in [-0.2, 0) is 11.3 Å². The topological polar surface area (TPSA) is 99.4 Å². The number of fused-ring (bicyclic) bond motifs is 1. The third-order valence-corrected chi connectivity index (χ3v) is 8.21. The number of hydrogen-bond donors (Lipinski definition) is 2. The van der Waals surface area contributed by atoms with Gasteiger partial charge in [0.1, 0.15) is 12.1 Å². The van der Waals surface area contributed by atoms with Gasteiger partial charge in [-0.05, 0) is 56.0 Å². The second-order valence-corrected chi connectivity index (χ2v) is 11.2. The van der Waals surface area contributed by atoms with Gasteiger partial charge in [0.05, 0.1) is 24.0 Å². The van der Waals surface area contributed by atoms with Gasteiger partial charge in [-0.1, -0.05) is 35.0 Å². The highest BCUT2D eigenvalue weighted by molar-refractivity contribution is 9.10. The number of nitrogens with one attached hydrogen (secondary N) is 1. The number of amides is 1. The van der Waals surface area contributed by atoms with E-state index in [2.05, 4.69) is 64.7 Å². The van der Waals surface area contributed by atoms with E-state index >= 15 is 0 Å². The molecule has 1 fully saturated rings. The number of aromatic nitrogens is 4. The number of anilines is 1. The van der Waals surface area contributed by atoms with E-state index in [0.717, 1.165) is 72.7 Å². The van der Waals surface area contributed by atoms with Gasteiger partial charge in [0.2, 0.25) is 5.91 Å². The van der Waals surface area contributed by atoms with E-state index < -0.39 is 6.10 Å². The number of nitrogens with zero attached hydrogens (tertiary/aromatic N) is 6. The van der Waals surface area contributed by atoms with Crippen molar-refractivity contribution >= 4 is 27.7 Å². The molecule has 1 aromatic carbocycles. The molecule has 1 amide bonds. The Morgan fingerprint density at radius 2 is 1.95 bits per heavy atom. The molecule has 0 radical (unpaired) electrons. The monoisotopic (exact) mass is 581 g/mol. The molecule has 2 aliphatic rings. The van der Waals surface area contributed by atoms with Crippen LogP contribution in [-0.4, -0.2) is 74.7 Å². The van der Waals surface area contributed by atoms with Crippen LogP contribution in [0.5, 0.6) is 0 Å². The number of aliphatic hydroxyl groups excluding tert-OH is 1. The number of carbonyl (C=O) groups excluding carboxylic acids is 1. The van der Waals surface area contributed by atoms with Gasteiger partial charge in [-0.25, -0.2) is 15.0 Å². The lowest BCUT2D eigenvalue weighted by Crippen LogP contribution is -2.50. The average Bonchev–Trinajstić information content (AvgIpc) is 3.56. The fourth-order valence-electron chi connectivity index (χ4n) is 5.62. The summed E-state index contributed by atoms with van der Waals surface area (Å²) in [4.78, 5) is 31.0. The standard InChI is InChI=1S/C28H36BrN7O2/c1-20-17-24(37)26-25(20)27(33-18-32-26)35-13-15-36(16-14-35)28(38)23(21-3-5-22(29)6-4-21)7-9-30-8-2-11-34-12-10-31-19-34/h3-6,10,12,18-20,23-24,30,37H,2,7-9,11,13-17H2,1H3/t20-,23?,24-/m1/s1. The summed E-state index contributed by atoms with van der Waals surface area (Å²) in [5.41, 5.74) is 2.87. The van der Waals surface area contributed by atoms with Crippen molar-refractivity contribution in [2.75, 3.05) is 44.2 Å². The van der Waals surface area contributed by atoms with Crippen molar-refractivity contribution in [3.05, 3.63) is 70.6 Å². The maximum Gasteiger partial charge on any atom is 0.230 e. The largest absolute Gasteiger partial charge is 0.387 e. The molecule has 202 valence electrons. The van der Waals surface area contributed by atoms with Crippen LogP contribution < -0.4 is 10.2 Å². The SMILES string of the molecule is C[C@@H]1C[C@@H](O)c2ncnc(N3CCN(C(=O)C(CCNCCCn4ccnc4)c4ccc(Br)cc4)CC3)c21. The summed E-state index contributed by atoms with van der Waals surface area (Å²) in [7, 11) is 0. The van der Waals surface area contributed by atoms with Crippen LogP contribution in [0, 0.1) is 0 Å². The Bertz CT molecular complexity index is 1200. The Balaban J connectivity index is 1.19. The Kier molecular flexibility index (Phi) is 8.71. The number of aryl methyl sites for hydroxylation is 1. The molecule has 1 aliphatic heterocycles. The van der Waals surface area contributed by atoms with Gasteiger partial charge >= 0.3 is 0 Å². The number of aliphatic hydroxyl groups is 1. The summed E-state index contributed by atoms with van der Waals surface area (Å²) in [6.07, 6.45) is 9.10. The van der Waals surface area contributed by atoms with E-state index in [1.54, 1.807) is 12.5 Å². The maximum absolute atomic E-state index is 13.8. The highest BCUT2D eigenvalue weighted by Gasteiger charge is 2.35. The molecular weight excluding hydrogens is 546 g/mol. The van der Waals surface area contributed by atoms with Crippen molar-refractivity contribution in [2.24, 2.45) is 0 Å². The Morgan fingerprint density at radius 3 is 2.68 bits per heavy atom. The molecule has 2 N–H and O–H groups in total. The van der Waals surface area contributed by atoms with Crippen LogP contribution in [0.1, 0.15) is 60.9 Å². The second-order valence-electron chi connectivity index (χ2n) is 10.3. The lowest BCUT2D eigenvalue weighted by molar-refractivity contribution is -0.133. The molecule has 1 aliphatic carbocycles. The smallest absolute Gasteiger partial charge is 0.230 e. The molecule has 0 bridgehead atoms. The fraction of sp³-hybridized carbons (Fsp3) is 0.500.